The van der Waals surface area contributed by atoms with E-state index in [0.29, 0.717) is 11.7 Å². The monoisotopic (exact) mass is 236 g/mol. The molecule has 0 radical (unpaired) electrons. The highest BCUT2D eigenvalue weighted by Gasteiger charge is 2.07. The van der Waals surface area contributed by atoms with Gasteiger partial charge in [0.2, 0.25) is 0 Å². The van der Waals surface area contributed by atoms with E-state index in [4.69, 9.17) is 4.74 Å². The molecule has 0 saturated heterocycles. The molecule has 0 spiro atoms. The predicted octanol–water partition coefficient (Wildman–Crippen LogP) is 2.28. The minimum atomic E-state index is -0.586. The first-order chi connectivity index (χ1) is 7.99. The van der Waals surface area contributed by atoms with Crippen LogP contribution in [-0.2, 0) is 14.3 Å². The fraction of sp³-hybridized carbons (Fsp3) is 0.385. The lowest BCUT2D eigenvalue weighted by Crippen LogP contribution is -2.17. The van der Waals surface area contributed by atoms with Crippen LogP contribution in [-0.4, -0.2) is 18.5 Å². The van der Waals surface area contributed by atoms with Crippen molar-refractivity contribution in [1.29, 1.82) is 0 Å². The Morgan fingerprint density at radius 1 is 1.18 bits per heavy atom. The molecule has 0 aliphatic carbocycles. The minimum absolute atomic E-state index is 0.360. The molecule has 0 aliphatic rings. The van der Waals surface area contributed by atoms with Gasteiger partial charge in [0.05, 0.1) is 0 Å². The highest BCUT2D eigenvalue weighted by molar-refractivity contribution is 5.77. The fourth-order valence-corrected chi connectivity index (χ4v) is 1.24. The summed E-state index contributed by atoms with van der Waals surface area (Å²) < 4.78 is 9.51. The highest BCUT2D eigenvalue weighted by atomic mass is 16.6. The van der Waals surface area contributed by atoms with Gasteiger partial charge in [-0.2, -0.15) is 0 Å². The molecule has 0 saturated carbocycles. The van der Waals surface area contributed by atoms with Gasteiger partial charge in [0.25, 0.3) is 0 Å². The molecule has 0 aromatic heterocycles. The summed E-state index contributed by atoms with van der Waals surface area (Å²) >= 11 is 0. The van der Waals surface area contributed by atoms with E-state index < -0.39 is 11.9 Å². The third-order valence-electron chi connectivity index (χ3n) is 2.17. The summed E-state index contributed by atoms with van der Waals surface area (Å²) in [6.45, 7) is 5.05. The molecule has 1 aromatic carbocycles. The Morgan fingerprint density at radius 3 is 2.24 bits per heavy atom. The average molecular weight is 236 g/mol. The van der Waals surface area contributed by atoms with Crippen molar-refractivity contribution in [3.63, 3.8) is 0 Å². The van der Waals surface area contributed by atoms with Gasteiger partial charge in [-0.1, -0.05) is 26.0 Å². The number of ether oxygens (including phenoxy) is 2. The minimum Gasteiger partial charge on any atom is -0.454 e. The molecule has 0 N–H and O–H groups in total. The number of hydrogen-bond acceptors (Lipinski definition) is 4. The van der Waals surface area contributed by atoms with E-state index in [-0.39, 0.29) is 6.61 Å². The first kappa shape index (κ1) is 13.2. The van der Waals surface area contributed by atoms with Crippen LogP contribution in [0.5, 0.6) is 5.75 Å². The van der Waals surface area contributed by atoms with E-state index in [1.165, 1.54) is 12.5 Å². The number of benzene rings is 1. The van der Waals surface area contributed by atoms with Crippen LogP contribution >= 0.6 is 0 Å². The number of carbonyl (C=O) groups is 2. The van der Waals surface area contributed by atoms with Gasteiger partial charge in [-0.25, -0.2) is 4.79 Å². The third kappa shape index (κ3) is 4.68. The first-order valence-electron chi connectivity index (χ1n) is 5.43. The second-order valence-electron chi connectivity index (χ2n) is 3.98. The van der Waals surface area contributed by atoms with E-state index in [0.717, 1.165) is 0 Å². The third-order valence-corrected chi connectivity index (χ3v) is 2.17. The van der Waals surface area contributed by atoms with Crippen molar-refractivity contribution in [1.82, 2.24) is 0 Å². The lowest BCUT2D eigenvalue weighted by Gasteiger charge is -2.07. The van der Waals surface area contributed by atoms with Crippen molar-refractivity contribution in [3.8, 4) is 5.75 Å². The Morgan fingerprint density at radius 2 is 1.76 bits per heavy atom. The Bertz CT molecular complexity index is 392. The average Bonchev–Trinajstić information content (AvgIpc) is 2.27. The van der Waals surface area contributed by atoms with Crippen LogP contribution in [0.2, 0.25) is 0 Å². The fourth-order valence-electron chi connectivity index (χ4n) is 1.24. The molecule has 0 amide bonds. The summed E-state index contributed by atoms with van der Waals surface area (Å²) in [5, 5.41) is 0. The zero-order valence-corrected chi connectivity index (χ0v) is 10.2. The molecule has 0 unspecified atom stereocenters. The molecular weight excluding hydrogens is 220 g/mol. The SMILES string of the molecule is CC(=O)OCC(=O)Oc1ccc(C(C)C)cc1. The zero-order chi connectivity index (χ0) is 12.8. The second kappa shape index (κ2) is 6.03. The molecule has 0 fully saturated rings. The van der Waals surface area contributed by atoms with Crippen molar-refractivity contribution in [2.45, 2.75) is 26.7 Å². The van der Waals surface area contributed by atoms with Crippen molar-refractivity contribution >= 4 is 11.9 Å². The molecule has 0 bridgehead atoms. The maximum absolute atomic E-state index is 11.2. The molecule has 4 heteroatoms. The summed E-state index contributed by atoms with van der Waals surface area (Å²) in [7, 11) is 0. The van der Waals surface area contributed by atoms with Crippen molar-refractivity contribution in [2.75, 3.05) is 6.61 Å². The van der Waals surface area contributed by atoms with Gasteiger partial charge < -0.3 is 9.47 Å². The summed E-state index contributed by atoms with van der Waals surface area (Å²) in [5.74, 6) is -0.207. The zero-order valence-electron chi connectivity index (χ0n) is 10.2. The Kier molecular flexibility index (Phi) is 4.69. The van der Waals surface area contributed by atoms with Crippen LogP contribution in [0.4, 0.5) is 0 Å². The highest BCUT2D eigenvalue weighted by Crippen LogP contribution is 2.18. The number of esters is 2. The lowest BCUT2D eigenvalue weighted by atomic mass is 10.0. The number of rotatable bonds is 4. The topological polar surface area (TPSA) is 52.6 Å². The molecule has 17 heavy (non-hydrogen) atoms. The quantitative estimate of drug-likeness (QED) is 0.594. The molecule has 0 aliphatic heterocycles. The van der Waals surface area contributed by atoms with Crippen LogP contribution in [0, 0.1) is 0 Å². The van der Waals surface area contributed by atoms with Crippen molar-refractivity contribution in [2.24, 2.45) is 0 Å². The van der Waals surface area contributed by atoms with Gasteiger partial charge in [0.15, 0.2) is 6.61 Å². The summed E-state index contributed by atoms with van der Waals surface area (Å²) in [6, 6.07) is 7.25. The van der Waals surface area contributed by atoms with E-state index >= 15 is 0 Å². The maximum Gasteiger partial charge on any atom is 0.349 e. The van der Waals surface area contributed by atoms with Gasteiger partial charge in [0.1, 0.15) is 5.75 Å². The lowest BCUT2D eigenvalue weighted by molar-refractivity contribution is -0.152. The van der Waals surface area contributed by atoms with Gasteiger partial charge in [-0.05, 0) is 23.6 Å². The Hall–Kier alpha value is -1.84. The van der Waals surface area contributed by atoms with Gasteiger partial charge >= 0.3 is 11.9 Å². The molecule has 0 atom stereocenters. The smallest absolute Gasteiger partial charge is 0.349 e. The summed E-state index contributed by atoms with van der Waals surface area (Å²) in [6.07, 6.45) is 0. The van der Waals surface area contributed by atoms with E-state index in [1.54, 1.807) is 12.1 Å². The predicted molar refractivity (Wildman–Crippen MR) is 62.8 cm³/mol. The van der Waals surface area contributed by atoms with Crippen LogP contribution in [0.3, 0.4) is 0 Å². The largest absolute Gasteiger partial charge is 0.454 e. The number of hydrogen-bond donors (Lipinski definition) is 0. The Balaban J connectivity index is 2.51. The maximum atomic E-state index is 11.2. The Labute approximate surface area is 101 Å². The van der Waals surface area contributed by atoms with Crippen molar-refractivity contribution < 1.29 is 19.1 Å². The molecule has 92 valence electrons. The van der Waals surface area contributed by atoms with Crippen molar-refractivity contribution in [3.05, 3.63) is 29.8 Å². The molecule has 4 nitrogen and oxygen atoms in total. The van der Waals surface area contributed by atoms with Gasteiger partial charge in [0, 0.05) is 6.92 Å². The molecule has 1 aromatic rings. The van der Waals surface area contributed by atoms with Gasteiger partial charge in [-0.15, -0.1) is 0 Å². The second-order valence-corrected chi connectivity index (χ2v) is 3.98. The molecule has 1 rings (SSSR count). The molecule has 0 heterocycles. The number of carbonyl (C=O) groups excluding carboxylic acids is 2. The van der Waals surface area contributed by atoms with E-state index in [9.17, 15) is 9.59 Å². The summed E-state index contributed by atoms with van der Waals surface area (Å²) in [4.78, 5) is 21.7. The molecular formula is C13H16O4. The van der Waals surface area contributed by atoms with Crippen LogP contribution in [0.1, 0.15) is 32.3 Å². The van der Waals surface area contributed by atoms with Crippen LogP contribution in [0.25, 0.3) is 0 Å². The summed E-state index contributed by atoms with van der Waals surface area (Å²) in [5.41, 5.74) is 1.17. The first-order valence-corrected chi connectivity index (χ1v) is 5.43. The van der Waals surface area contributed by atoms with Gasteiger partial charge in [-0.3, -0.25) is 4.79 Å². The normalized spacial score (nSPS) is 10.1. The van der Waals surface area contributed by atoms with Crippen LogP contribution < -0.4 is 4.74 Å². The van der Waals surface area contributed by atoms with Crippen LogP contribution in [0.15, 0.2) is 24.3 Å². The standard InChI is InChI=1S/C13H16O4/c1-9(2)11-4-6-12(7-5-11)17-13(15)8-16-10(3)14/h4-7,9H,8H2,1-3H3. The van der Waals surface area contributed by atoms with E-state index in [2.05, 4.69) is 18.6 Å². The van der Waals surface area contributed by atoms with E-state index in [1.807, 2.05) is 12.1 Å².